The molecular weight excluding hydrogens is 254 g/mol. The van der Waals surface area contributed by atoms with Crippen molar-refractivity contribution in [1.29, 1.82) is 0 Å². The lowest BCUT2D eigenvalue weighted by molar-refractivity contribution is -0.386. The summed E-state index contributed by atoms with van der Waals surface area (Å²) < 4.78 is 26.4. The van der Waals surface area contributed by atoms with E-state index in [0.717, 1.165) is 6.07 Å². The van der Waals surface area contributed by atoms with Crippen LogP contribution in [0.2, 0.25) is 0 Å². The molecular formula is C13H10F2N2O2. The molecule has 19 heavy (non-hydrogen) atoms. The third-order valence-electron chi connectivity index (χ3n) is 2.72. The summed E-state index contributed by atoms with van der Waals surface area (Å²) in [7, 11) is 1.55. The zero-order valence-corrected chi connectivity index (χ0v) is 10.0. The van der Waals surface area contributed by atoms with Crippen molar-refractivity contribution in [3.05, 3.63) is 64.2 Å². The second-order valence-corrected chi connectivity index (χ2v) is 3.90. The lowest BCUT2D eigenvalue weighted by Crippen LogP contribution is -2.12. The molecule has 0 saturated heterocycles. The molecule has 6 heteroatoms. The topological polar surface area (TPSA) is 46.4 Å². The number of nitrogens with zero attached hydrogens (tertiary/aromatic N) is 2. The highest BCUT2D eigenvalue weighted by Crippen LogP contribution is 2.34. The zero-order chi connectivity index (χ0) is 14.0. The number of hydrogen-bond donors (Lipinski definition) is 0. The first kappa shape index (κ1) is 12.9. The van der Waals surface area contributed by atoms with Crippen molar-refractivity contribution in [3.63, 3.8) is 0 Å². The Morgan fingerprint density at radius 1 is 1.11 bits per heavy atom. The highest BCUT2D eigenvalue weighted by atomic mass is 19.1. The Kier molecular flexibility index (Phi) is 3.41. The van der Waals surface area contributed by atoms with Gasteiger partial charge in [-0.05, 0) is 36.4 Å². The maximum atomic E-state index is 13.5. The standard InChI is InChI=1S/C13H10F2N2O2/c1-16(10-7-5-9(14)6-8-10)12-4-2-3-11(15)13(12)17(18)19/h2-8H,1H3. The predicted molar refractivity (Wildman–Crippen MR) is 67.5 cm³/mol. The summed E-state index contributed by atoms with van der Waals surface area (Å²) in [6, 6.07) is 9.24. The third-order valence-corrected chi connectivity index (χ3v) is 2.72. The van der Waals surface area contributed by atoms with Gasteiger partial charge in [-0.25, -0.2) is 4.39 Å². The number of halogens is 2. The molecule has 0 saturated carbocycles. The van der Waals surface area contributed by atoms with Gasteiger partial charge in [-0.1, -0.05) is 6.07 Å². The summed E-state index contributed by atoms with van der Waals surface area (Å²) >= 11 is 0. The van der Waals surface area contributed by atoms with E-state index < -0.39 is 22.2 Å². The first-order valence-corrected chi connectivity index (χ1v) is 5.43. The van der Waals surface area contributed by atoms with E-state index in [1.807, 2.05) is 0 Å². The molecule has 0 unspecified atom stereocenters. The number of para-hydroxylation sites is 1. The number of hydrogen-bond acceptors (Lipinski definition) is 3. The van der Waals surface area contributed by atoms with Crippen LogP contribution in [0.1, 0.15) is 0 Å². The number of benzene rings is 2. The van der Waals surface area contributed by atoms with Crippen LogP contribution in [0.25, 0.3) is 0 Å². The van der Waals surface area contributed by atoms with Crippen LogP contribution in [-0.2, 0) is 0 Å². The number of nitro groups is 1. The van der Waals surface area contributed by atoms with Crippen molar-refractivity contribution in [2.24, 2.45) is 0 Å². The Balaban J connectivity index is 2.49. The molecule has 2 rings (SSSR count). The first-order valence-electron chi connectivity index (χ1n) is 5.43. The molecule has 0 aliphatic rings. The fraction of sp³-hybridized carbons (Fsp3) is 0.0769. The molecule has 0 aromatic heterocycles. The summed E-state index contributed by atoms with van der Waals surface area (Å²) in [6.07, 6.45) is 0. The molecule has 2 aromatic carbocycles. The average Bonchev–Trinajstić information content (AvgIpc) is 2.38. The predicted octanol–water partition coefficient (Wildman–Crippen LogP) is 3.64. The molecule has 0 fully saturated rings. The van der Waals surface area contributed by atoms with Gasteiger partial charge in [0.15, 0.2) is 0 Å². The molecule has 0 aliphatic carbocycles. The Morgan fingerprint density at radius 2 is 1.74 bits per heavy atom. The smallest absolute Gasteiger partial charge is 0.328 e. The molecule has 0 heterocycles. The largest absolute Gasteiger partial charge is 0.339 e. The van der Waals surface area contributed by atoms with E-state index in [4.69, 9.17) is 0 Å². The number of nitro benzene ring substituents is 1. The molecule has 0 bridgehead atoms. The summed E-state index contributed by atoms with van der Waals surface area (Å²) in [6.45, 7) is 0. The first-order chi connectivity index (χ1) is 9.00. The summed E-state index contributed by atoms with van der Waals surface area (Å²) in [5.41, 5.74) is 0.0287. The number of anilines is 2. The van der Waals surface area contributed by atoms with Crippen LogP contribution >= 0.6 is 0 Å². The van der Waals surface area contributed by atoms with Crippen LogP contribution in [0, 0.1) is 21.7 Å². The average molecular weight is 264 g/mol. The molecule has 0 N–H and O–H groups in total. The minimum absolute atomic E-state index is 0.108. The van der Waals surface area contributed by atoms with Crippen molar-refractivity contribution < 1.29 is 13.7 Å². The van der Waals surface area contributed by atoms with E-state index in [2.05, 4.69) is 0 Å². The van der Waals surface area contributed by atoms with Gasteiger partial charge < -0.3 is 4.90 Å². The minimum atomic E-state index is -0.906. The van der Waals surface area contributed by atoms with E-state index in [1.165, 1.54) is 41.3 Å². The normalized spacial score (nSPS) is 10.3. The Hall–Kier alpha value is -2.50. The molecule has 0 atom stereocenters. The van der Waals surface area contributed by atoms with Crippen LogP contribution in [0.4, 0.5) is 25.8 Å². The molecule has 2 aromatic rings. The molecule has 0 spiro atoms. The fourth-order valence-electron chi connectivity index (χ4n) is 1.76. The van der Waals surface area contributed by atoms with E-state index in [0.29, 0.717) is 5.69 Å². The van der Waals surface area contributed by atoms with Crippen LogP contribution in [-0.4, -0.2) is 12.0 Å². The highest BCUT2D eigenvalue weighted by Gasteiger charge is 2.22. The maximum Gasteiger partial charge on any atom is 0.328 e. The van der Waals surface area contributed by atoms with Crippen LogP contribution < -0.4 is 4.90 Å². The maximum absolute atomic E-state index is 13.5. The van der Waals surface area contributed by atoms with Gasteiger partial charge in [-0.3, -0.25) is 10.1 Å². The van der Waals surface area contributed by atoms with Crippen LogP contribution in [0.5, 0.6) is 0 Å². The van der Waals surface area contributed by atoms with Gasteiger partial charge in [0.05, 0.1) is 4.92 Å². The molecule has 4 nitrogen and oxygen atoms in total. The Bertz CT molecular complexity index is 615. The lowest BCUT2D eigenvalue weighted by Gasteiger charge is -2.19. The minimum Gasteiger partial charge on any atom is -0.339 e. The van der Waals surface area contributed by atoms with E-state index in [1.54, 1.807) is 7.05 Å². The molecule has 98 valence electrons. The summed E-state index contributed by atoms with van der Waals surface area (Å²) in [5, 5.41) is 10.9. The Morgan fingerprint density at radius 3 is 2.32 bits per heavy atom. The SMILES string of the molecule is CN(c1ccc(F)cc1)c1cccc(F)c1[N+](=O)[O-]. The van der Waals surface area contributed by atoms with Crippen molar-refractivity contribution in [3.8, 4) is 0 Å². The van der Waals surface area contributed by atoms with Crippen molar-refractivity contribution in [2.75, 3.05) is 11.9 Å². The van der Waals surface area contributed by atoms with Gasteiger partial charge in [-0.2, -0.15) is 4.39 Å². The van der Waals surface area contributed by atoms with E-state index >= 15 is 0 Å². The third kappa shape index (κ3) is 2.52. The fourth-order valence-corrected chi connectivity index (χ4v) is 1.76. The zero-order valence-electron chi connectivity index (χ0n) is 10.0. The monoisotopic (exact) mass is 264 g/mol. The Labute approximate surface area is 108 Å². The summed E-state index contributed by atoms with van der Waals surface area (Å²) in [4.78, 5) is 11.6. The highest BCUT2D eigenvalue weighted by molar-refractivity contribution is 5.71. The molecule has 0 aliphatic heterocycles. The van der Waals surface area contributed by atoms with Crippen molar-refractivity contribution >= 4 is 17.1 Å². The van der Waals surface area contributed by atoms with Gasteiger partial charge in [-0.15, -0.1) is 0 Å². The van der Waals surface area contributed by atoms with Gasteiger partial charge in [0.2, 0.25) is 5.82 Å². The number of rotatable bonds is 3. The van der Waals surface area contributed by atoms with Crippen molar-refractivity contribution in [2.45, 2.75) is 0 Å². The van der Waals surface area contributed by atoms with Gasteiger partial charge in [0, 0.05) is 12.7 Å². The van der Waals surface area contributed by atoms with Crippen molar-refractivity contribution in [1.82, 2.24) is 0 Å². The second kappa shape index (κ2) is 5.01. The molecule has 0 amide bonds. The quantitative estimate of drug-likeness (QED) is 0.628. The van der Waals surface area contributed by atoms with E-state index in [-0.39, 0.29) is 5.69 Å². The summed E-state index contributed by atoms with van der Waals surface area (Å²) in [5.74, 6) is -1.32. The molecule has 0 radical (unpaired) electrons. The van der Waals surface area contributed by atoms with Gasteiger partial charge in [0.25, 0.3) is 0 Å². The second-order valence-electron chi connectivity index (χ2n) is 3.90. The van der Waals surface area contributed by atoms with Gasteiger partial charge >= 0.3 is 5.69 Å². The van der Waals surface area contributed by atoms with Crippen LogP contribution in [0.15, 0.2) is 42.5 Å². The van der Waals surface area contributed by atoms with Gasteiger partial charge in [0.1, 0.15) is 11.5 Å². The van der Waals surface area contributed by atoms with Crippen LogP contribution in [0.3, 0.4) is 0 Å². The lowest BCUT2D eigenvalue weighted by atomic mass is 10.2. The van der Waals surface area contributed by atoms with E-state index in [9.17, 15) is 18.9 Å².